The molecule has 0 radical (unpaired) electrons. The summed E-state index contributed by atoms with van der Waals surface area (Å²) in [6.07, 6.45) is 0. The number of aryl methyl sites for hydroxylation is 3. The summed E-state index contributed by atoms with van der Waals surface area (Å²) in [5.41, 5.74) is 3.42. The van der Waals surface area contributed by atoms with Crippen LogP contribution < -0.4 is 4.90 Å². The van der Waals surface area contributed by atoms with Crippen LogP contribution in [0.5, 0.6) is 0 Å². The van der Waals surface area contributed by atoms with Gasteiger partial charge in [0.2, 0.25) is 5.89 Å². The van der Waals surface area contributed by atoms with Crippen LogP contribution in [-0.4, -0.2) is 4.98 Å². The van der Waals surface area contributed by atoms with Crippen molar-refractivity contribution in [2.24, 2.45) is 0 Å². The van der Waals surface area contributed by atoms with Gasteiger partial charge in [0.25, 0.3) is 0 Å². The molecule has 0 atom stereocenters. The molecule has 2 heterocycles. The molecule has 1 aromatic carbocycles. The van der Waals surface area contributed by atoms with E-state index in [1.807, 2.05) is 13.8 Å². The molecule has 0 aliphatic rings. The molecule has 0 saturated heterocycles. The summed E-state index contributed by atoms with van der Waals surface area (Å²) in [6, 6.07) is 12.9. The maximum Gasteiger partial charge on any atom is 0.214 e. The average Bonchev–Trinajstić information content (AvgIpc) is 3.10. The fraction of sp³-hybridized carbons (Fsp3) is 0.278. The molecule has 0 N–H and O–H groups in total. The number of rotatable bonds is 5. The minimum Gasteiger partial charge on any atom is -0.444 e. The minimum absolute atomic E-state index is 0.676. The highest BCUT2D eigenvalue weighted by Crippen LogP contribution is 2.23. The molecule has 2 aromatic heterocycles. The van der Waals surface area contributed by atoms with Crippen LogP contribution in [0.15, 0.2) is 46.2 Å². The Bertz CT molecular complexity index is 710. The van der Waals surface area contributed by atoms with Gasteiger partial charge in [-0.2, -0.15) is 0 Å². The molecule has 3 aromatic rings. The molecule has 0 amide bonds. The zero-order chi connectivity index (χ0) is 15.5. The zero-order valence-corrected chi connectivity index (χ0v) is 14.0. The summed E-state index contributed by atoms with van der Waals surface area (Å²) < 4.78 is 5.76. The van der Waals surface area contributed by atoms with Crippen LogP contribution in [-0.2, 0) is 13.1 Å². The highest BCUT2D eigenvalue weighted by molar-refractivity contribution is 7.09. The van der Waals surface area contributed by atoms with Crippen molar-refractivity contribution >= 4 is 17.0 Å². The Kier molecular flexibility index (Phi) is 4.29. The molecule has 0 aliphatic heterocycles. The highest BCUT2D eigenvalue weighted by atomic mass is 32.1. The number of oxazole rings is 1. The van der Waals surface area contributed by atoms with Crippen LogP contribution in [0.1, 0.15) is 27.8 Å². The Hall–Kier alpha value is -2.07. The Labute approximate surface area is 135 Å². The summed E-state index contributed by atoms with van der Waals surface area (Å²) in [7, 11) is 0. The topological polar surface area (TPSA) is 29.3 Å². The van der Waals surface area contributed by atoms with Gasteiger partial charge in [-0.25, -0.2) is 4.98 Å². The summed E-state index contributed by atoms with van der Waals surface area (Å²) in [5, 5.41) is 2.11. The van der Waals surface area contributed by atoms with Gasteiger partial charge in [0, 0.05) is 10.6 Å². The van der Waals surface area contributed by atoms with E-state index in [-0.39, 0.29) is 0 Å². The normalized spacial score (nSPS) is 10.9. The maximum absolute atomic E-state index is 5.76. The van der Waals surface area contributed by atoms with E-state index in [0.717, 1.165) is 23.9 Å². The Morgan fingerprint density at radius 3 is 2.41 bits per heavy atom. The molecule has 4 heteroatoms. The molecular formula is C18H20N2OS. The van der Waals surface area contributed by atoms with Gasteiger partial charge in [0.15, 0.2) is 0 Å². The summed E-state index contributed by atoms with van der Waals surface area (Å²) in [5.74, 6) is 1.67. The quantitative estimate of drug-likeness (QED) is 0.673. The monoisotopic (exact) mass is 312 g/mol. The third-order valence-corrected chi connectivity index (χ3v) is 4.59. The van der Waals surface area contributed by atoms with Crippen molar-refractivity contribution in [1.29, 1.82) is 0 Å². The van der Waals surface area contributed by atoms with Crippen LogP contribution in [0.25, 0.3) is 0 Å². The van der Waals surface area contributed by atoms with E-state index < -0.39 is 0 Å². The van der Waals surface area contributed by atoms with E-state index in [1.54, 1.807) is 11.3 Å². The van der Waals surface area contributed by atoms with Crippen molar-refractivity contribution in [2.45, 2.75) is 33.9 Å². The number of hydrogen-bond donors (Lipinski definition) is 0. The smallest absolute Gasteiger partial charge is 0.214 e. The average molecular weight is 312 g/mol. The molecule has 3 rings (SSSR count). The lowest BCUT2D eigenvalue weighted by molar-refractivity contribution is 0.464. The second-order valence-electron chi connectivity index (χ2n) is 5.52. The largest absolute Gasteiger partial charge is 0.444 e. The van der Waals surface area contributed by atoms with Crippen LogP contribution in [0.2, 0.25) is 0 Å². The zero-order valence-electron chi connectivity index (χ0n) is 13.2. The Morgan fingerprint density at radius 1 is 1.05 bits per heavy atom. The third kappa shape index (κ3) is 3.39. The van der Waals surface area contributed by atoms with Crippen LogP contribution in [0, 0.1) is 20.8 Å². The Morgan fingerprint density at radius 2 is 1.82 bits per heavy atom. The number of nitrogens with zero attached hydrogens (tertiary/aromatic N) is 2. The SMILES string of the molecule is Cc1ccc(N(Cc2nc(C)c(C)o2)Cc2cccs2)cc1. The van der Waals surface area contributed by atoms with E-state index in [4.69, 9.17) is 4.42 Å². The lowest BCUT2D eigenvalue weighted by Gasteiger charge is -2.23. The van der Waals surface area contributed by atoms with Gasteiger partial charge >= 0.3 is 0 Å². The molecular weight excluding hydrogens is 292 g/mol. The summed E-state index contributed by atoms with van der Waals surface area (Å²) >= 11 is 1.78. The van der Waals surface area contributed by atoms with Gasteiger partial charge in [-0.3, -0.25) is 0 Å². The minimum atomic E-state index is 0.676. The number of aromatic nitrogens is 1. The number of hydrogen-bond acceptors (Lipinski definition) is 4. The molecule has 114 valence electrons. The molecule has 0 bridgehead atoms. The molecule has 3 nitrogen and oxygen atoms in total. The fourth-order valence-electron chi connectivity index (χ4n) is 2.35. The van der Waals surface area contributed by atoms with Gasteiger partial charge in [-0.15, -0.1) is 11.3 Å². The highest BCUT2D eigenvalue weighted by Gasteiger charge is 2.13. The lowest BCUT2D eigenvalue weighted by Crippen LogP contribution is -2.21. The molecule has 22 heavy (non-hydrogen) atoms. The standard InChI is InChI=1S/C18H20N2OS/c1-13-6-8-16(9-7-13)20(11-17-5-4-10-22-17)12-18-19-14(2)15(3)21-18/h4-10H,11-12H2,1-3H3. The lowest BCUT2D eigenvalue weighted by atomic mass is 10.2. The molecule has 0 unspecified atom stereocenters. The molecule has 0 spiro atoms. The van der Waals surface area contributed by atoms with Crippen molar-refractivity contribution in [3.8, 4) is 0 Å². The molecule has 0 fully saturated rings. The van der Waals surface area contributed by atoms with E-state index in [2.05, 4.69) is 58.6 Å². The summed E-state index contributed by atoms with van der Waals surface area (Å²) in [6.45, 7) is 7.59. The van der Waals surface area contributed by atoms with Crippen molar-refractivity contribution in [3.05, 3.63) is 69.6 Å². The van der Waals surface area contributed by atoms with Gasteiger partial charge in [0.05, 0.1) is 18.8 Å². The van der Waals surface area contributed by atoms with E-state index >= 15 is 0 Å². The van der Waals surface area contributed by atoms with Crippen molar-refractivity contribution in [2.75, 3.05) is 4.90 Å². The van der Waals surface area contributed by atoms with Crippen molar-refractivity contribution < 1.29 is 4.42 Å². The van der Waals surface area contributed by atoms with Crippen LogP contribution in [0.3, 0.4) is 0 Å². The second-order valence-corrected chi connectivity index (χ2v) is 6.55. The predicted molar refractivity (Wildman–Crippen MR) is 91.4 cm³/mol. The van der Waals surface area contributed by atoms with Crippen LogP contribution in [0.4, 0.5) is 5.69 Å². The second kappa shape index (κ2) is 6.36. The summed E-state index contributed by atoms with van der Waals surface area (Å²) in [4.78, 5) is 8.15. The first-order chi connectivity index (χ1) is 10.6. The Balaban J connectivity index is 1.86. The predicted octanol–water partition coefficient (Wildman–Crippen LogP) is 4.87. The first kappa shape index (κ1) is 14.9. The first-order valence-electron chi connectivity index (χ1n) is 7.39. The maximum atomic E-state index is 5.76. The van der Waals surface area contributed by atoms with E-state index in [0.29, 0.717) is 6.54 Å². The molecule has 0 aliphatic carbocycles. The number of thiophene rings is 1. The van der Waals surface area contributed by atoms with E-state index in [1.165, 1.54) is 16.1 Å². The fourth-order valence-corrected chi connectivity index (χ4v) is 3.07. The third-order valence-electron chi connectivity index (χ3n) is 3.72. The number of benzene rings is 1. The number of anilines is 1. The van der Waals surface area contributed by atoms with Gasteiger partial charge in [-0.1, -0.05) is 23.8 Å². The van der Waals surface area contributed by atoms with Gasteiger partial charge < -0.3 is 9.32 Å². The van der Waals surface area contributed by atoms with Gasteiger partial charge in [0.1, 0.15) is 5.76 Å². The molecule has 0 saturated carbocycles. The van der Waals surface area contributed by atoms with Crippen molar-refractivity contribution in [3.63, 3.8) is 0 Å². The van der Waals surface area contributed by atoms with E-state index in [9.17, 15) is 0 Å². The van der Waals surface area contributed by atoms with Gasteiger partial charge in [-0.05, 0) is 44.4 Å². The first-order valence-corrected chi connectivity index (χ1v) is 8.26. The van der Waals surface area contributed by atoms with Crippen molar-refractivity contribution in [1.82, 2.24) is 4.98 Å². The van der Waals surface area contributed by atoms with Crippen LogP contribution >= 0.6 is 11.3 Å².